The second-order valence-corrected chi connectivity index (χ2v) is 10.7. The van der Waals surface area contributed by atoms with Crippen molar-refractivity contribution in [3.63, 3.8) is 0 Å². The molecule has 0 fully saturated rings. The third-order valence-corrected chi connectivity index (χ3v) is 7.60. The van der Waals surface area contributed by atoms with Crippen molar-refractivity contribution in [2.75, 3.05) is 18.7 Å². The largest absolute Gasteiger partial charge is 0.495 e. The van der Waals surface area contributed by atoms with Crippen LogP contribution in [0.25, 0.3) is 0 Å². The van der Waals surface area contributed by atoms with Crippen LogP contribution < -0.4 is 14.8 Å². The number of hydrogen-bond donors (Lipinski definition) is 2. The van der Waals surface area contributed by atoms with Crippen LogP contribution in [-0.2, 0) is 21.2 Å². The van der Waals surface area contributed by atoms with Gasteiger partial charge in [-0.3, -0.25) is 4.79 Å². The molecule has 2 N–H and O–H groups in total. The fourth-order valence-corrected chi connectivity index (χ4v) is 5.34. The highest BCUT2D eigenvalue weighted by Gasteiger charge is 2.29. The molecule has 6 nitrogen and oxygen atoms in total. The van der Waals surface area contributed by atoms with Gasteiger partial charge in [0, 0.05) is 10.6 Å². The highest BCUT2D eigenvalue weighted by molar-refractivity contribution is 7.98. The number of anilines is 1. The lowest BCUT2D eigenvalue weighted by molar-refractivity contribution is -0.117. The molecule has 0 radical (unpaired) electrons. The molecule has 1 unspecified atom stereocenters. The Hall–Kier alpha value is -2.81. The van der Waals surface area contributed by atoms with E-state index in [-0.39, 0.29) is 23.0 Å². The highest BCUT2D eigenvalue weighted by atomic mass is 32.2. The number of nitrogens with one attached hydrogen (secondary N) is 2. The van der Waals surface area contributed by atoms with Gasteiger partial charge in [0.15, 0.2) is 0 Å². The first-order valence-corrected chi connectivity index (χ1v) is 13.6. The van der Waals surface area contributed by atoms with Crippen molar-refractivity contribution in [2.45, 2.75) is 42.0 Å². The number of benzene rings is 3. The van der Waals surface area contributed by atoms with Crippen molar-refractivity contribution in [3.05, 3.63) is 83.9 Å². The van der Waals surface area contributed by atoms with Crippen LogP contribution in [-0.4, -0.2) is 33.7 Å². The molecule has 0 spiro atoms. The van der Waals surface area contributed by atoms with Crippen molar-refractivity contribution in [3.8, 4) is 5.75 Å². The topological polar surface area (TPSA) is 84.5 Å². The minimum absolute atomic E-state index is 0.0106. The molecule has 3 aromatic rings. The van der Waals surface area contributed by atoms with Crippen LogP contribution in [0.5, 0.6) is 5.75 Å². The van der Waals surface area contributed by atoms with Gasteiger partial charge in [0.05, 0.1) is 7.11 Å². The smallest absolute Gasteiger partial charge is 0.245 e. The van der Waals surface area contributed by atoms with E-state index in [1.54, 1.807) is 30.0 Å². The molecule has 1 atom stereocenters. The number of carbonyl (C=O) groups is 1. The lowest BCUT2D eigenvalue weighted by atomic mass is 10.0. The second-order valence-electron chi connectivity index (χ2n) is 8.15. The predicted octanol–water partition coefficient (Wildman–Crippen LogP) is 5.07. The maximum Gasteiger partial charge on any atom is 0.245 e. The molecule has 0 aliphatic carbocycles. The average Bonchev–Trinajstić information content (AvgIpc) is 2.83. The zero-order valence-electron chi connectivity index (χ0n) is 19.7. The molecule has 3 rings (SSSR count). The summed E-state index contributed by atoms with van der Waals surface area (Å²) >= 11 is 1.56. The molecule has 180 valence electrons. The summed E-state index contributed by atoms with van der Waals surface area (Å²) in [7, 11) is -2.64. The van der Waals surface area contributed by atoms with E-state index in [4.69, 9.17) is 4.74 Å². The quantitative estimate of drug-likeness (QED) is 0.381. The molecule has 0 saturated heterocycles. The van der Waals surface area contributed by atoms with E-state index in [1.165, 1.54) is 7.11 Å². The second kappa shape index (κ2) is 11.6. The maximum absolute atomic E-state index is 13.5. The SMILES string of the molecule is COc1ccc(C(C)C)cc1S(=O)(=O)NC(Cc1ccccc1)C(=O)Nc1cccc(SC)c1. The molecule has 0 aliphatic rings. The number of sulfonamides is 1. The first-order valence-electron chi connectivity index (χ1n) is 10.9. The number of ether oxygens (including phenoxy) is 1. The molecule has 0 bridgehead atoms. The molecule has 1 amide bonds. The van der Waals surface area contributed by atoms with Crippen molar-refractivity contribution >= 4 is 33.4 Å². The Bertz CT molecular complexity index is 1230. The van der Waals surface area contributed by atoms with Crippen molar-refractivity contribution in [2.24, 2.45) is 0 Å². The Morgan fingerprint density at radius 3 is 2.38 bits per heavy atom. The van der Waals surface area contributed by atoms with Gasteiger partial charge in [0.25, 0.3) is 0 Å². The molecular formula is C26H30N2O4S2. The van der Waals surface area contributed by atoms with Gasteiger partial charge in [-0.25, -0.2) is 8.42 Å². The van der Waals surface area contributed by atoms with Crippen molar-refractivity contribution in [1.29, 1.82) is 0 Å². The molecular weight excluding hydrogens is 468 g/mol. The van der Waals surface area contributed by atoms with Crippen LogP contribution in [0.15, 0.2) is 82.6 Å². The summed E-state index contributed by atoms with van der Waals surface area (Å²) in [5.41, 5.74) is 2.30. The van der Waals surface area contributed by atoms with E-state index in [9.17, 15) is 13.2 Å². The number of amides is 1. The standard InChI is InChI=1S/C26H30N2O4S2/c1-18(2)20-13-14-24(32-3)25(16-20)34(30,31)28-23(15-19-9-6-5-7-10-19)26(29)27-21-11-8-12-22(17-21)33-4/h5-14,16-18,23,28H,15H2,1-4H3,(H,27,29). The first kappa shape index (κ1) is 25.8. The summed E-state index contributed by atoms with van der Waals surface area (Å²) in [5.74, 6) is -0.0833. The van der Waals surface area contributed by atoms with Crippen molar-refractivity contribution < 1.29 is 17.9 Å². The van der Waals surface area contributed by atoms with Crippen molar-refractivity contribution in [1.82, 2.24) is 4.72 Å². The number of carbonyl (C=O) groups excluding carboxylic acids is 1. The molecule has 8 heteroatoms. The average molecular weight is 499 g/mol. The minimum Gasteiger partial charge on any atom is -0.495 e. The number of methoxy groups -OCH3 is 1. The molecule has 34 heavy (non-hydrogen) atoms. The van der Waals surface area contributed by atoms with Gasteiger partial charge in [-0.2, -0.15) is 4.72 Å². The Balaban J connectivity index is 1.94. The summed E-state index contributed by atoms with van der Waals surface area (Å²) in [6, 6.07) is 20.8. The van der Waals surface area contributed by atoms with Gasteiger partial charge in [-0.15, -0.1) is 11.8 Å². The summed E-state index contributed by atoms with van der Waals surface area (Å²) in [5, 5.41) is 2.86. The zero-order valence-corrected chi connectivity index (χ0v) is 21.4. The number of thioether (sulfide) groups is 1. The zero-order chi connectivity index (χ0) is 24.7. The fourth-order valence-electron chi connectivity index (χ4n) is 3.48. The van der Waals surface area contributed by atoms with Crippen LogP contribution in [0.3, 0.4) is 0 Å². The van der Waals surface area contributed by atoms with E-state index in [0.717, 1.165) is 16.0 Å². The fraction of sp³-hybridized carbons (Fsp3) is 0.269. The highest BCUT2D eigenvalue weighted by Crippen LogP contribution is 2.28. The minimum atomic E-state index is -4.07. The van der Waals surface area contributed by atoms with Gasteiger partial charge in [0.1, 0.15) is 16.7 Å². The van der Waals surface area contributed by atoms with Gasteiger partial charge < -0.3 is 10.1 Å². The van der Waals surface area contributed by atoms with E-state index in [2.05, 4.69) is 10.0 Å². The van der Waals surface area contributed by atoms with Gasteiger partial charge in [-0.1, -0.05) is 56.3 Å². The summed E-state index contributed by atoms with van der Waals surface area (Å²) in [6.45, 7) is 3.97. The Morgan fingerprint density at radius 1 is 1.00 bits per heavy atom. The summed E-state index contributed by atoms with van der Waals surface area (Å²) in [6.07, 6.45) is 2.15. The van der Waals surface area contributed by atoms with Crippen LogP contribution in [0.2, 0.25) is 0 Å². The number of hydrogen-bond acceptors (Lipinski definition) is 5. The summed E-state index contributed by atoms with van der Waals surface area (Å²) in [4.78, 5) is 14.3. The third kappa shape index (κ3) is 6.62. The third-order valence-electron chi connectivity index (χ3n) is 5.38. The Kier molecular flexibility index (Phi) is 8.77. The lowest BCUT2D eigenvalue weighted by Gasteiger charge is -2.20. The maximum atomic E-state index is 13.5. The normalized spacial score (nSPS) is 12.4. The van der Waals surface area contributed by atoms with E-state index < -0.39 is 22.0 Å². The first-order chi connectivity index (χ1) is 16.2. The van der Waals surface area contributed by atoms with E-state index >= 15 is 0 Å². The summed E-state index contributed by atoms with van der Waals surface area (Å²) < 4.78 is 34.9. The Morgan fingerprint density at radius 2 is 1.74 bits per heavy atom. The predicted molar refractivity (Wildman–Crippen MR) is 138 cm³/mol. The molecule has 0 aliphatic heterocycles. The van der Waals surface area contributed by atoms with Gasteiger partial charge in [-0.05, 0) is 60.1 Å². The lowest BCUT2D eigenvalue weighted by Crippen LogP contribution is -2.45. The van der Waals surface area contributed by atoms with Gasteiger partial charge in [0.2, 0.25) is 15.9 Å². The Labute approximate surface area is 206 Å². The molecule has 0 heterocycles. The van der Waals surface area contributed by atoms with Crippen LogP contribution >= 0.6 is 11.8 Å². The van der Waals surface area contributed by atoms with E-state index in [1.807, 2.05) is 74.7 Å². The molecule has 0 saturated carbocycles. The van der Waals surface area contributed by atoms with Crippen LogP contribution in [0, 0.1) is 0 Å². The van der Waals surface area contributed by atoms with Gasteiger partial charge >= 0.3 is 0 Å². The number of rotatable bonds is 10. The monoisotopic (exact) mass is 498 g/mol. The molecule has 3 aromatic carbocycles. The van der Waals surface area contributed by atoms with E-state index in [0.29, 0.717) is 5.69 Å². The van der Waals surface area contributed by atoms with Crippen LogP contribution in [0.4, 0.5) is 5.69 Å². The van der Waals surface area contributed by atoms with Crippen LogP contribution in [0.1, 0.15) is 30.9 Å². The molecule has 0 aromatic heterocycles.